The molecule has 0 fully saturated rings. The summed E-state index contributed by atoms with van der Waals surface area (Å²) in [6.45, 7) is 0. The van der Waals surface area contributed by atoms with E-state index in [0.717, 1.165) is 22.3 Å². The van der Waals surface area contributed by atoms with E-state index in [1.165, 1.54) is 20.2 Å². The molecule has 3 aromatic carbocycles. The van der Waals surface area contributed by atoms with Crippen LogP contribution in [0.5, 0.6) is 0 Å². The number of para-hydroxylation sites is 2. The van der Waals surface area contributed by atoms with Gasteiger partial charge in [0.2, 0.25) is 0 Å². The van der Waals surface area contributed by atoms with Gasteiger partial charge in [-0.15, -0.1) is 11.3 Å². The van der Waals surface area contributed by atoms with Crippen molar-refractivity contribution in [2.45, 2.75) is 0 Å². The second-order valence-electron chi connectivity index (χ2n) is 5.55. The minimum atomic E-state index is 0.919. The summed E-state index contributed by atoms with van der Waals surface area (Å²) < 4.78 is 2.61. The lowest BCUT2D eigenvalue weighted by Gasteiger charge is -2.03. The number of aromatic nitrogens is 2. The van der Waals surface area contributed by atoms with Crippen LogP contribution in [0.15, 0.2) is 72.9 Å². The van der Waals surface area contributed by atoms with E-state index in [2.05, 4.69) is 47.4 Å². The SMILES string of the molecule is c1ccc2nc(-c3ccc4c(c3)sc3ccccc34)cnc2c1. The van der Waals surface area contributed by atoms with Crippen LogP contribution >= 0.6 is 11.3 Å². The van der Waals surface area contributed by atoms with E-state index in [4.69, 9.17) is 4.98 Å². The molecule has 5 rings (SSSR count). The first-order valence-electron chi connectivity index (χ1n) is 7.52. The molecule has 2 heterocycles. The van der Waals surface area contributed by atoms with Crippen LogP contribution in [0.4, 0.5) is 0 Å². The molecule has 2 nitrogen and oxygen atoms in total. The Morgan fingerprint density at radius 3 is 2.43 bits per heavy atom. The van der Waals surface area contributed by atoms with Crippen molar-refractivity contribution in [1.82, 2.24) is 9.97 Å². The predicted molar refractivity (Wildman–Crippen MR) is 97.9 cm³/mol. The fraction of sp³-hybridized carbons (Fsp3) is 0. The highest BCUT2D eigenvalue weighted by atomic mass is 32.1. The highest BCUT2D eigenvalue weighted by Crippen LogP contribution is 2.35. The number of benzene rings is 3. The molecule has 2 aromatic heterocycles. The lowest BCUT2D eigenvalue weighted by atomic mass is 10.1. The number of fused-ring (bicyclic) bond motifs is 4. The van der Waals surface area contributed by atoms with Crippen LogP contribution in [-0.4, -0.2) is 9.97 Å². The summed E-state index contributed by atoms with van der Waals surface area (Å²) in [5.74, 6) is 0. The largest absolute Gasteiger partial charge is 0.252 e. The molecule has 0 amide bonds. The van der Waals surface area contributed by atoms with Crippen LogP contribution in [0, 0.1) is 0 Å². The van der Waals surface area contributed by atoms with Crippen molar-refractivity contribution in [2.24, 2.45) is 0 Å². The number of hydrogen-bond donors (Lipinski definition) is 0. The van der Waals surface area contributed by atoms with E-state index in [0.29, 0.717) is 0 Å². The molecular formula is C20H12N2S. The third-order valence-electron chi connectivity index (χ3n) is 4.12. The third-order valence-corrected chi connectivity index (χ3v) is 5.26. The maximum atomic E-state index is 4.75. The van der Waals surface area contributed by atoms with E-state index in [1.54, 1.807) is 0 Å². The number of rotatable bonds is 1. The van der Waals surface area contributed by atoms with Crippen molar-refractivity contribution in [3.8, 4) is 11.3 Å². The van der Waals surface area contributed by atoms with Crippen molar-refractivity contribution in [3.05, 3.63) is 72.9 Å². The molecule has 0 bridgehead atoms. The molecule has 0 spiro atoms. The summed E-state index contributed by atoms with van der Waals surface area (Å²) in [5.41, 5.74) is 3.89. The van der Waals surface area contributed by atoms with Gasteiger partial charge in [0.15, 0.2) is 0 Å². The second-order valence-corrected chi connectivity index (χ2v) is 6.64. The van der Waals surface area contributed by atoms with Crippen LogP contribution in [0.25, 0.3) is 42.5 Å². The van der Waals surface area contributed by atoms with Crippen molar-refractivity contribution in [3.63, 3.8) is 0 Å². The molecule has 0 atom stereocenters. The Morgan fingerprint density at radius 1 is 0.696 bits per heavy atom. The van der Waals surface area contributed by atoms with Gasteiger partial charge < -0.3 is 0 Å². The predicted octanol–water partition coefficient (Wildman–Crippen LogP) is 5.66. The fourth-order valence-corrected chi connectivity index (χ4v) is 4.13. The van der Waals surface area contributed by atoms with E-state index in [1.807, 2.05) is 41.8 Å². The van der Waals surface area contributed by atoms with Crippen LogP contribution in [0.1, 0.15) is 0 Å². The van der Waals surface area contributed by atoms with Crippen LogP contribution in [0.2, 0.25) is 0 Å². The minimum absolute atomic E-state index is 0.919. The quantitative estimate of drug-likeness (QED) is 0.399. The van der Waals surface area contributed by atoms with Crippen LogP contribution < -0.4 is 0 Å². The Bertz CT molecular complexity index is 1170. The van der Waals surface area contributed by atoms with Crippen molar-refractivity contribution < 1.29 is 0 Å². The van der Waals surface area contributed by atoms with Gasteiger partial charge in [0.25, 0.3) is 0 Å². The Kier molecular flexibility index (Phi) is 2.69. The Hall–Kier alpha value is -2.78. The van der Waals surface area contributed by atoms with Gasteiger partial charge in [-0.3, -0.25) is 4.98 Å². The van der Waals surface area contributed by atoms with Crippen molar-refractivity contribution in [1.29, 1.82) is 0 Å². The smallest absolute Gasteiger partial charge is 0.0894 e. The zero-order valence-electron chi connectivity index (χ0n) is 12.2. The van der Waals surface area contributed by atoms with Crippen molar-refractivity contribution >= 4 is 42.5 Å². The molecule has 5 aromatic rings. The summed E-state index contributed by atoms with van der Waals surface area (Å²) in [5, 5.41) is 2.63. The first-order chi connectivity index (χ1) is 11.4. The molecule has 0 saturated carbocycles. The first kappa shape index (κ1) is 12.7. The maximum absolute atomic E-state index is 4.75. The van der Waals surface area contributed by atoms with Gasteiger partial charge in [-0.2, -0.15) is 0 Å². The standard InChI is InChI=1S/C20H12N2S/c1-4-8-19-14(5-1)15-10-9-13(11-20(15)23-19)18-12-21-16-6-2-3-7-17(16)22-18/h1-12H. The van der Waals surface area contributed by atoms with E-state index >= 15 is 0 Å². The van der Waals surface area contributed by atoms with Crippen LogP contribution in [0.3, 0.4) is 0 Å². The van der Waals surface area contributed by atoms with Crippen LogP contribution in [-0.2, 0) is 0 Å². The summed E-state index contributed by atoms with van der Waals surface area (Å²) in [6, 6.07) is 23.1. The number of thiophene rings is 1. The highest BCUT2D eigenvalue weighted by Gasteiger charge is 2.08. The summed E-state index contributed by atoms with van der Waals surface area (Å²) in [6.07, 6.45) is 1.86. The van der Waals surface area contributed by atoms with Gasteiger partial charge in [-0.1, -0.05) is 42.5 Å². The lowest BCUT2D eigenvalue weighted by molar-refractivity contribution is 1.30. The van der Waals surface area contributed by atoms with Crippen molar-refractivity contribution in [2.75, 3.05) is 0 Å². The summed E-state index contributed by atoms with van der Waals surface area (Å²) in [7, 11) is 0. The molecule has 23 heavy (non-hydrogen) atoms. The molecule has 0 aliphatic rings. The van der Waals surface area contributed by atoms with Gasteiger partial charge in [0.05, 0.1) is 22.9 Å². The lowest BCUT2D eigenvalue weighted by Crippen LogP contribution is -1.87. The second kappa shape index (κ2) is 4.86. The average Bonchev–Trinajstić information content (AvgIpc) is 2.99. The maximum Gasteiger partial charge on any atom is 0.0894 e. The summed E-state index contributed by atoms with van der Waals surface area (Å²) >= 11 is 1.83. The van der Waals surface area contributed by atoms with E-state index in [-0.39, 0.29) is 0 Å². The monoisotopic (exact) mass is 312 g/mol. The molecule has 108 valence electrons. The van der Waals surface area contributed by atoms with Gasteiger partial charge in [-0.25, -0.2) is 4.98 Å². The molecular weight excluding hydrogens is 300 g/mol. The molecule has 0 N–H and O–H groups in total. The molecule has 0 unspecified atom stereocenters. The normalized spacial score (nSPS) is 11.5. The first-order valence-corrected chi connectivity index (χ1v) is 8.34. The van der Waals surface area contributed by atoms with E-state index in [9.17, 15) is 0 Å². The third kappa shape index (κ3) is 2.01. The number of nitrogens with zero attached hydrogens (tertiary/aromatic N) is 2. The Morgan fingerprint density at radius 2 is 1.48 bits per heavy atom. The molecule has 0 saturated heterocycles. The molecule has 0 radical (unpaired) electrons. The molecule has 0 aliphatic carbocycles. The highest BCUT2D eigenvalue weighted by molar-refractivity contribution is 7.25. The topological polar surface area (TPSA) is 25.8 Å². The average molecular weight is 312 g/mol. The van der Waals surface area contributed by atoms with Gasteiger partial charge in [0.1, 0.15) is 0 Å². The molecule has 3 heteroatoms. The zero-order valence-corrected chi connectivity index (χ0v) is 13.0. The van der Waals surface area contributed by atoms with Gasteiger partial charge in [-0.05, 0) is 24.3 Å². The Labute approximate surface area is 137 Å². The van der Waals surface area contributed by atoms with Gasteiger partial charge in [0, 0.05) is 25.7 Å². The van der Waals surface area contributed by atoms with Gasteiger partial charge >= 0.3 is 0 Å². The molecule has 0 aliphatic heterocycles. The Balaban J connectivity index is 1.73. The zero-order chi connectivity index (χ0) is 15.2. The van der Waals surface area contributed by atoms with E-state index < -0.39 is 0 Å². The fourth-order valence-electron chi connectivity index (χ4n) is 2.98. The number of hydrogen-bond acceptors (Lipinski definition) is 3. The minimum Gasteiger partial charge on any atom is -0.252 e. The summed E-state index contributed by atoms with van der Waals surface area (Å²) in [4.78, 5) is 9.27.